The first kappa shape index (κ1) is 20.5. The predicted octanol–water partition coefficient (Wildman–Crippen LogP) is 4.82. The molecule has 0 aliphatic heterocycles. The molecule has 0 saturated carbocycles. The average molecular weight is 406 g/mol. The molecule has 152 valence electrons. The Morgan fingerprint density at radius 2 is 1.83 bits per heavy atom. The summed E-state index contributed by atoms with van der Waals surface area (Å²) in [5.41, 5.74) is 2.63. The maximum Gasteiger partial charge on any atom is 0.335 e. The molecule has 2 N–H and O–H groups in total. The number of nitro benzene ring substituents is 1. The molecular weight excluding hydrogens is 388 g/mol. The van der Waals surface area contributed by atoms with Gasteiger partial charge in [0.05, 0.1) is 10.5 Å². The fraction of sp³-hybridized carbons (Fsp3) is 0.0909. The number of nitrogens with zero attached hydrogens (tertiary/aromatic N) is 1. The maximum atomic E-state index is 12.2. The van der Waals surface area contributed by atoms with Gasteiger partial charge in [0.25, 0.3) is 5.69 Å². The number of amides is 1. The molecule has 2 aromatic carbocycles. The number of aromatic carboxylic acids is 1. The van der Waals surface area contributed by atoms with Crippen molar-refractivity contribution in [2.24, 2.45) is 0 Å². The molecule has 3 rings (SSSR count). The van der Waals surface area contributed by atoms with Crippen LogP contribution in [-0.2, 0) is 4.79 Å². The van der Waals surface area contributed by atoms with Crippen LogP contribution in [0.25, 0.3) is 17.4 Å². The van der Waals surface area contributed by atoms with Crippen LogP contribution < -0.4 is 5.32 Å². The molecule has 0 spiro atoms. The monoisotopic (exact) mass is 406 g/mol. The average Bonchev–Trinajstić information content (AvgIpc) is 3.16. The number of furan rings is 1. The number of carboxylic acid groups (broad SMARTS) is 1. The molecule has 1 heterocycles. The summed E-state index contributed by atoms with van der Waals surface area (Å²) in [7, 11) is 0. The van der Waals surface area contributed by atoms with Crippen molar-refractivity contribution in [3.05, 3.63) is 87.2 Å². The summed E-state index contributed by atoms with van der Waals surface area (Å²) in [6.45, 7) is 3.51. The largest absolute Gasteiger partial charge is 0.478 e. The van der Waals surface area contributed by atoms with Gasteiger partial charge in [0.1, 0.15) is 11.5 Å². The van der Waals surface area contributed by atoms with Crippen molar-refractivity contribution in [3.63, 3.8) is 0 Å². The molecule has 1 aromatic heterocycles. The number of aryl methyl sites for hydroxylation is 2. The van der Waals surface area contributed by atoms with Crippen molar-refractivity contribution in [1.82, 2.24) is 0 Å². The van der Waals surface area contributed by atoms with E-state index in [0.717, 1.165) is 5.56 Å². The van der Waals surface area contributed by atoms with Crippen LogP contribution in [0.1, 0.15) is 27.2 Å². The minimum atomic E-state index is -1.08. The number of benzene rings is 2. The van der Waals surface area contributed by atoms with Crippen LogP contribution in [0.5, 0.6) is 0 Å². The third kappa shape index (κ3) is 4.61. The summed E-state index contributed by atoms with van der Waals surface area (Å²) in [5, 5.41) is 22.6. The van der Waals surface area contributed by atoms with Gasteiger partial charge in [0, 0.05) is 29.5 Å². The third-order valence-corrected chi connectivity index (χ3v) is 4.45. The maximum absolute atomic E-state index is 12.2. The van der Waals surface area contributed by atoms with Crippen LogP contribution in [-0.4, -0.2) is 21.9 Å². The van der Waals surface area contributed by atoms with Crippen molar-refractivity contribution < 1.29 is 24.0 Å². The Morgan fingerprint density at radius 3 is 2.50 bits per heavy atom. The molecule has 0 unspecified atom stereocenters. The highest BCUT2D eigenvalue weighted by molar-refractivity contribution is 6.03. The van der Waals surface area contributed by atoms with Crippen LogP contribution in [0.2, 0.25) is 0 Å². The Hall–Kier alpha value is -4.20. The van der Waals surface area contributed by atoms with Gasteiger partial charge in [-0.1, -0.05) is 6.07 Å². The number of nitro groups is 1. The van der Waals surface area contributed by atoms with Crippen LogP contribution in [0.3, 0.4) is 0 Å². The second kappa shape index (κ2) is 8.44. The smallest absolute Gasteiger partial charge is 0.335 e. The number of non-ortho nitro benzene ring substituents is 1. The molecule has 0 saturated heterocycles. The lowest BCUT2D eigenvalue weighted by Gasteiger charge is -2.07. The first-order chi connectivity index (χ1) is 14.2. The molecule has 0 radical (unpaired) electrons. The van der Waals surface area contributed by atoms with E-state index in [-0.39, 0.29) is 11.3 Å². The first-order valence-electron chi connectivity index (χ1n) is 8.93. The summed E-state index contributed by atoms with van der Waals surface area (Å²) in [5.74, 6) is -0.572. The number of hydrogen-bond acceptors (Lipinski definition) is 5. The van der Waals surface area contributed by atoms with E-state index in [2.05, 4.69) is 5.32 Å². The molecule has 8 nitrogen and oxygen atoms in total. The van der Waals surface area contributed by atoms with E-state index in [1.54, 1.807) is 38.1 Å². The number of anilines is 1. The number of carbonyl (C=O) groups is 2. The quantitative estimate of drug-likeness (QED) is 0.344. The zero-order valence-electron chi connectivity index (χ0n) is 16.2. The molecule has 0 aliphatic carbocycles. The fourth-order valence-electron chi connectivity index (χ4n) is 2.85. The Kier molecular flexibility index (Phi) is 5.78. The minimum absolute atomic E-state index is 0.00172. The van der Waals surface area contributed by atoms with E-state index in [1.165, 1.54) is 36.4 Å². The minimum Gasteiger partial charge on any atom is -0.478 e. The predicted molar refractivity (Wildman–Crippen MR) is 111 cm³/mol. The van der Waals surface area contributed by atoms with Gasteiger partial charge in [0.15, 0.2) is 0 Å². The second-order valence-corrected chi connectivity index (χ2v) is 6.62. The number of carboxylic acids is 1. The lowest BCUT2D eigenvalue weighted by molar-refractivity contribution is -0.384. The van der Waals surface area contributed by atoms with Gasteiger partial charge in [-0.25, -0.2) is 4.79 Å². The Balaban J connectivity index is 1.73. The van der Waals surface area contributed by atoms with Gasteiger partial charge in [0.2, 0.25) is 5.91 Å². The highest BCUT2D eigenvalue weighted by Gasteiger charge is 2.12. The summed E-state index contributed by atoms with van der Waals surface area (Å²) >= 11 is 0. The van der Waals surface area contributed by atoms with Gasteiger partial charge >= 0.3 is 5.97 Å². The van der Waals surface area contributed by atoms with Crippen molar-refractivity contribution in [2.75, 3.05) is 5.32 Å². The normalized spacial score (nSPS) is 10.9. The van der Waals surface area contributed by atoms with E-state index in [1.807, 2.05) is 0 Å². The fourth-order valence-corrected chi connectivity index (χ4v) is 2.85. The Labute approximate surface area is 171 Å². The molecule has 3 aromatic rings. The van der Waals surface area contributed by atoms with Crippen molar-refractivity contribution in [1.29, 1.82) is 0 Å². The first-order valence-corrected chi connectivity index (χ1v) is 8.93. The third-order valence-electron chi connectivity index (χ3n) is 4.45. The Morgan fingerprint density at radius 1 is 1.07 bits per heavy atom. The molecule has 0 atom stereocenters. The lowest BCUT2D eigenvalue weighted by atomic mass is 10.1. The topological polar surface area (TPSA) is 123 Å². The summed E-state index contributed by atoms with van der Waals surface area (Å²) in [6.07, 6.45) is 2.76. The Bertz CT molecular complexity index is 1180. The molecule has 30 heavy (non-hydrogen) atoms. The van der Waals surface area contributed by atoms with E-state index < -0.39 is 16.8 Å². The summed E-state index contributed by atoms with van der Waals surface area (Å²) < 4.78 is 5.71. The molecule has 0 fully saturated rings. The molecule has 1 amide bonds. The number of rotatable bonds is 6. The number of nitrogens with one attached hydrogen (secondary N) is 1. The molecular formula is C22H18N2O6. The van der Waals surface area contributed by atoms with E-state index in [9.17, 15) is 19.7 Å². The number of carbonyl (C=O) groups excluding carboxylic acids is 1. The van der Waals surface area contributed by atoms with Crippen molar-refractivity contribution in [3.8, 4) is 11.3 Å². The standard InChI is InChI=1S/C22H18N2O6/c1-13-3-4-15(22(26)27)12-19(13)23-21(25)10-7-17-6-9-20(30-17)18-8-5-16(24(28)29)11-14(18)2/h3-12H,1-2H3,(H,23,25)(H,26,27)/b10-7+. The van der Waals surface area contributed by atoms with E-state index in [0.29, 0.717) is 28.3 Å². The summed E-state index contributed by atoms with van der Waals surface area (Å²) in [6, 6.07) is 12.4. The SMILES string of the molecule is Cc1ccc(C(=O)O)cc1NC(=O)/C=C/c1ccc(-c2ccc([N+](=O)[O-])cc2C)o1. The zero-order valence-corrected chi connectivity index (χ0v) is 16.2. The van der Waals surface area contributed by atoms with Gasteiger partial charge in [-0.15, -0.1) is 0 Å². The molecule has 0 bridgehead atoms. The highest BCUT2D eigenvalue weighted by Crippen LogP contribution is 2.28. The van der Waals surface area contributed by atoms with Crippen molar-refractivity contribution in [2.45, 2.75) is 13.8 Å². The zero-order chi connectivity index (χ0) is 21.8. The summed E-state index contributed by atoms with van der Waals surface area (Å²) in [4.78, 5) is 33.7. The highest BCUT2D eigenvalue weighted by atomic mass is 16.6. The van der Waals surface area contributed by atoms with Crippen LogP contribution in [0.4, 0.5) is 11.4 Å². The van der Waals surface area contributed by atoms with Gasteiger partial charge in [-0.05, 0) is 61.4 Å². The van der Waals surface area contributed by atoms with E-state index >= 15 is 0 Å². The van der Waals surface area contributed by atoms with Crippen LogP contribution in [0.15, 0.2) is 59.0 Å². The van der Waals surface area contributed by atoms with Crippen LogP contribution >= 0.6 is 0 Å². The number of hydrogen-bond donors (Lipinski definition) is 2. The van der Waals surface area contributed by atoms with Crippen molar-refractivity contribution >= 4 is 29.3 Å². The van der Waals surface area contributed by atoms with Gasteiger partial charge < -0.3 is 14.8 Å². The van der Waals surface area contributed by atoms with Gasteiger partial charge in [-0.2, -0.15) is 0 Å². The van der Waals surface area contributed by atoms with Gasteiger partial charge in [-0.3, -0.25) is 14.9 Å². The van der Waals surface area contributed by atoms with Crippen LogP contribution in [0, 0.1) is 24.0 Å². The second-order valence-electron chi connectivity index (χ2n) is 6.62. The van der Waals surface area contributed by atoms with E-state index in [4.69, 9.17) is 9.52 Å². The molecule has 0 aliphatic rings. The molecule has 8 heteroatoms. The lowest BCUT2D eigenvalue weighted by Crippen LogP contribution is -2.10.